The third kappa shape index (κ3) is 2.11. The summed E-state index contributed by atoms with van der Waals surface area (Å²) >= 11 is 5.42. The van der Waals surface area contributed by atoms with Crippen molar-refractivity contribution in [3.63, 3.8) is 0 Å². The van der Waals surface area contributed by atoms with Crippen LogP contribution in [-0.4, -0.2) is 18.1 Å². The Balaban J connectivity index is 3.14. The molecule has 2 nitrogen and oxygen atoms in total. The zero-order chi connectivity index (χ0) is 9.84. The lowest BCUT2D eigenvalue weighted by Gasteiger charge is -2.12. The number of rotatable bonds is 3. The number of aliphatic hydroxyl groups excluding tert-OH is 1. The van der Waals surface area contributed by atoms with Crippen LogP contribution in [-0.2, 0) is 0 Å². The number of aliphatic hydroxyl groups is 1. The molecule has 0 heterocycles. The molecule has 0 amide bonds. The molecule has 0 bridgehead atoms. The molecular formula is C9H10ClFO2. The average Bonchev–Trinajstić information content (AvgIpc) is 2.16. The minimum atomic E-state index is -1.03. The molecule has 1 rings (SSSR count). The predicted octanol–water partition coefficient (Wildman–Crippen LogP) is 2.11. The molecule has 0 saturated heterocycles. The minimum Gasteiger partial charge on any atom is -0.496 e. The van der Waals surface area contributed by atoms with Crippen LogP contribution in [0.25, 0.3) is 0 Å². The molecule has 1 aromatic rings. The summed E-state index contributed by atoms with van der Waals surface area (Å²) in [5.41, 5.74) is 0.111. The van der Waals surface area contributed by atoms with Crippen LogP contribution in [0.1, 0.15) is 11.7 Å². The van der Waals surface area contributed by atoms with Crippen LogP contribution in [0.3, 0.4) is 0 Å². The molecule has 0 spiro atoms. The smallest absolute Gasteiger partial charge is 0.132 e. The molecule has 13 heavy (non-hydrogen) atoms. The van der Waals surface area contributed by atoms with Crippen molar-refractivity contribution in [3.05, 3.63) is 29.6 Å². The maximum Gasteiger partial charge on any atom is 0.132 e. The molecule has 0 saturated carbocycles. The molecule has 72 valence electrons. The molecule has 0 unspecified atom stereocenters. The quantitative estimate of drug-likeness (QED) is 0.765. The van der Waals surface area contributed by atoms with Crippen LogP contribution in [0.4, 0.5) is 4.39 Å². The minimum absolute atomic E-state index is 0.0582. The molecule has 0 radical (unpaired) electrons. The molecule has 1 atom stereocenters. The number of alkyl halides is 1. The zero-order valence-electron chi connectivity index (χ0n) is 7.13. The lowest BCUT2D eigenvalue weighted by Crippen LogP contribution is -2.04. The van der Waals surface area contributed by atoms with Crippen molar-refractivity contribution < 1.29 is 14.2 Å². The van der Waals surface area contributed by atoms with Crippen LogP contribution >= 0.6 is 11.6 Å². The van der Waals surface area contributed by atoms with Crippen molar-refractivity contribution >= 4 is 11.6 Å². The Kier molecular flexibility index (Phi) is 3.51. The summed E-state index contributed by atoms with van der Waals surface area (Å²) in [7, 11) is 1.42. The number of benzene rings is 1. The van der Waals surface area contributed by atoms with E-state index < -0.39 is 11.9 Å². The van der Waals surface area contributed by atoms with Gasteiger partial charge in [-0.3, -0.25) is 0 Å². The summed E-state index contributed by atoms with van der Waals surface area (Å²) in [6.45, 7) is 0. The normalized spacial score (nSPS) is 12.6. The first-order valence-electron chi connectivity index (χ1n) is 3.77. The largest absolute Gasteiger partial charge is 0.496 e. The highest BCUT2D eigenvalue weighted by atomic mass is 35.5. The summed E-state index contributed by atoms with van der Waals surface area (Å²) in [4.78, 5) is 0. The zero-order valence-corrected chi connectivity index (χ0v) is 7.88. The fourth-order valence-electron chi connectivity index (χ4n) is 1.10. The highest BCUT2D eigenvalue weighted by Gasteiger charge is 2.16. The summed E-state index contributed by atoms with van der Waals surface area (Å²) in [5, 5.41) is 9.37. The van der Waals surface area contributed by atoms with E-state index in [2.05, 4.69) is 0 Å². The van der Waals surface area contributed by atoms with E-state index in [1.54, 1.807) is 6.07 Å². The third-order valence-electron chi connectivity index (χ3n) is 1.71. The third-order valence-corrected chi connectivity index (χ3v) is 2.00. The van der Waals surface area contributed by atoms with Gasteiger partial charge in [-0.1, -0.05) is 6.07 Å². The van der Waals surface area contributed by atoms with Crippen molar-refractivity contribution in [2.45, 2.75) is 6.10 Å². The second kappa shape index (κ2) is 4.44. The van der Waals surface area contributed by atoms with E-state index in [-0.39, 0.29) is 11.4 Å². The number of halogens is 2. The van der Waals surface area contributed by atoms with Crippen LogP contribution in [0.2, 0.25) is 0 Å². The number of hydrogen-bond acceptors (Lipinski definition) is 2. The number of methoxy groups -OCH3 is 1. The van der Waals surface area contributed by atoms with Crippen molar-refractivity contribution in [1.29, 1.82) is 0 Å². The molecule has 0 aliphatic heterocycles. The van der Waals surface area contributed by atoms with Gasteiger partial charge >= 0.3 is 0 Å². The first-order valence-corrected chi connectivity index (χ1v) is 4.30. The maximum absolute atomic E-state index is 13.2. The fraction of sp³-hybridized carbons (Fsp3) is 0.333. The number of hydrogen-bond donors (Lipinski definition) is 1. The van der Waals surface area contributed by atoms with E-state index in [1.165, 1.54) is 19.2 Å². The first-order chi connectivity index (χ1) is 6.20. The Morgan fingerprint density at radius 2 is 2.31 bits per heavy atom. The Labute approximate surface area is 80.9 Å². The fourth-order valence-corrected chi connectivity index (χ4v) is 1.25. The Morgan fingerprint density at radius 1 is 1.62 bits per heavy atom. The van der Waals surface area contributed by atoms with Gasteiger partial charge in [0.25, 0.3) is 0 Å². The van der Waals surface area contributed by atoms with E-state index in [4.69, 9.17) is 16.3 Å². The molecule has 0 aliphatic carbocycles. The van der Waals surface area contributed by atoms with Crippen molar-refractivity contribution in [1.82, 2.24) is 0 Å². The lowest BCUT2D eigenvalue weighted by atomic mass is 10.1. The van der Waals surface area contributed by atoms with Gasteiger partial charge in [-0.2, -0.15) is 0 Å². The predicted molar refractivity (Wildman–Crippen MR) is 48.6 cm³/mol. The summed E-state index contributed by atoms with van der Waals surface area (Å²) in [5.74, 6) is -0.252. The van der Waals surface area contributed by atoms with Gasteiger partial charge in [-0.25, -0.2) is 4.39 Å². The van der Waals surface area contributed by atoms with E-state index in [9.17, 15) is 9.50 Å². The second-order valence-corrected chi connectivity index (χ2v) is 2.83. The van der Waals surface area contributed by atoms with Gasteiger partial charge in [0.15, 0.2) is 0 Å². The molecule has 4 heteroatoms. The van der Waals surface area contributed by atoms with Gasteiger partial charge in [-0.05, 0) is 12.1 Å². The van der Waals surface area contributed by atoms with Crippen molar-refractivity contribution in [2.75, 3.05) is 13.0 Å². The van der Waals surface area contributed by atoms with Crippen LogP contribution in [0, 0.1) is 5.82 Å². The maximum atomic E-state index is 13.2. The summed E-state index contributed by atoms with van der Waals surface area (Å²) < 4.78 is 18.1. The van der Waals surface area contributed by atoms with Gasteiger partial charge in [0, 0.05) is 0 Å². The SMILES string of the molecule is COc1cccc(F)c1[C@@H](O)CCl. The Bertz CT molecular complexity index is 291. The van der Waals surface area contributed by atoms with Gasteiger partial charge in [0.2, 0.25) is 0 Å². The molecule has 0 aromatic heterocycles. The standard InChI is InChI=1S/C9H10ClFO2/c1-13-8-4-2-3-6(11)9(8)7(12)5-10/h2-4,7,12H,5H2,1H3/t7-/m0/s1. The second-order valence-electron chi connectivity index (χ2n) is 2.53. The first kappa shape index (κ1) is 10.3. The average molecular weight is 205 g/mol. The van der Waals surface area contributed by atoms with E-state index in [1.807, 2.05) is 0 Å². The van der Waals surface area contributed by atoms with E-state index >= 15 is 0 Å². The van der Waals surface area contributed by atoms with Gasteiger partial charge < -0.3 is 9.84 Å². The molecule has 1 N–H and O–H groups in total. The lowest BCUT2D eigenvalue weighted by molar-refractivity contribution is 0.192. The van der Waals surface area contributed by atoms with E-state index in [0.717, 1.165) is 0 Å². The molecule has 0 aliphatic rings. The summed E-state index contributed by atoms with van der Waals surface area (Å²) in [6, 6.07) is 4.35. The van der Waals surface area contributed by atoms with Crippen molar-refractivity contribution in [2.24, 2.45) is 0 Å². The highest BCUT2D eigenvalue weighted by Crippen LogP contribution is 2.28. The van der Waals surface area contributed by atoms with Crippen LogP contribution in [0.5, 0.6) is 5.75 Å². The van der Waals surface area contributed by atoms with Gasteiger partial charge in [0.05, 0.1) is 24.7 Å². The van der Waals surface area contributed by atoms with Gasteiger partial charge in [0.1, 0.15) is 11.6 Å². The van der Waals surface area contributed by atoms with Gasteiger partial charge in [-0.15, -0.1) is 11.6 Å². The van der Waals surface area contributed by atoms with Crippen LogP contribution < -0.4 is 4.74 Å². The molecule has 0 fully saturated rings. The molecular weight excluding hydrogens is 195 g/mol. The monoisotopic (exact) mass is 204 g/mol. The Hall–Kier alpha value is -0.800. The summed E-state index contributed by atoms with van der Waals surface area (Å²) in [6.07, 6.45) is -1.03. The van der Waals surface area contributed by atoms with Crippen LogP contribution in [0.15, 0.2) is 18.2 Å². The van der Waals surface area contributed by atoms with E-state index in [0.29, 0.717) is 5.75 Å². The Morgan fingerprint density at radius 3 is 2.85 bits per heavy atom. The highest BCUT2D eigenvalue weighted by molar-refractivity contribution is 6.18. The topological polar surface area (TPSA) is 29.5 Å². The molecule has 1 aromatic carbocycles. The number of ether oxygens (including phenoxy) is 1. The van der Waals surface area contributed by atoms with Crippen molar-refractivity contribution in [3.8, 4) is 5.75 Å².